The van der Waals surface area contributed by atoms with Crippen LogP contribution >= 0.6 is 15.9 Å². The van der Waals surface area contributed by atoms with E-state index in [1.165, 1.54) is 0 Å². The number of aryl methyl sites for hydroxylation is 1. The molecule has 5 heteroatoms. The average molecular weight is 275 g/mol. The van der Waals surface area contributed by atoms with Gasteiger partial charge in [-0.15, -0.1) is 0 Å². The van der Waals surface area contributed by atoms with Gasteiger partial charge < -0.3 is 4.74 Å². The van der Waals surface area contributed by atoms with Gasteiger partial charge in [-0.25, -0.2) is 0 Å². The van der Waals surface area contributed by atoms with E-state index in [1.807, 2.05) is 27.0 Å². The highest BCUT2D eigenvalue weighted by atomic mass is 79.9. The van der Waals surface area contributed by atoms with Crippen molar-refractivity contribution < 1.29 is 9.53 Å². The molecule has 1 aromatic rings. The molecule has 0 radical (unpaired) electrons. The maximum atomic E-state index is 11.4. The summed E-state index contributed by atoms with van der Waals surface area (Å²) in [6.07, 6.45) is 3.85. The molecule has 0 aliphatic heterocycles. The molecule has 1 rings (SSSR count). The van der Waals surface area contributed by atoms with Crippen molar-refractivity contribution in [2.45, 2.75) is 39.3 Å². The number of rotatable bonds is 3. The number of ether oxygens (including phenoxy) is 1. The number of carbonyl (C=O) groups is 1. The molecule has 4 nitrogen and oxygen atoms in total. The third-order valence-electron chi connectivity index (χ3n) is 1.57. The Hall–Kier alpha value is -0.840. The second kappa shape index (κ2) is 4.79. The Labute approximate surface area is 97.7 Å². The van der Waals surface area contributed by atoms with Crippen molar-refractivity contribution in [3.05, 3.63) is 16.9 Å². The fourth-order valence-corrected chi connectivity index (χ4v) is 1.39. The summed E-state index contributed by atoms with van der Waals surface area (Å²) in [6.45, 7) is 6.11. The first kappa shape index (κ1) is 12.2. The lowest BCUT2D eigenvalue weighted by atomic mass is 10.2. The second-order valence-electron chi connectivity index (χ2n) is 4.26. The van der Waals surface area contributed by atoms with Gasteiger partial charge in [-0.2, -0.15) is 5.10 Å². The Bertz CT molecular complexity index is 341. The number of esters is 1. The predicted octanol–water partition coefficient (Wildman–Crippen LogP) is 2.38. The van der Waals surface area contributed by atoms with Crippen molar-refractivity contribution in [3.8, 4) is 0 Å². The molecule has 0 fully saturated rings. The van der Waals surface area contributed by atoms with Crippen molar-refractivity contribution in [1.82, 2.24) is 9.78 Å². The molecular weight excluding hydrogens is 260 g/mol. The lowest BCUT2D eigenvalue weighted by Gasteiger charge is -2.19. The van der Waals surface area contributed by atoms with Gasteiger partial charge in [0.25, 0.3) is 0 Å². The monoisotopic (exact) mass is 274 g/mol. The first-order valence-corrected chi connectivity index (χ1v) is 5.56. The molecule has 0 spiro atoms. The number of nitrogens with zero attached hydrogens (tertiary/aromatic N) is 2. The summed E-state index contributed by atoms with van der Waals surface area (Å²) < 4.78 is 7.79. The molecule has 1 aromatic heterocycles. The van der Waals surface area contributed by atoms with Crippen LogP contribution in [0.3, 0.4) is 0 Å². The fraction of sp³-hybridized carbons (Fsp3) is 0.600. The van der Waals surface area contributed by atoms with E-state index >= 15 is 0 Å². The zero-order valence-corrected chi connectivity index (χ0v) is 10.7. The molecule has 0 bridgehead atoms. The van der Waals surface area contributed by atoms with Crippen LogP contribution in [0, 0.1) is 0 Å². The highest BCUT2D eigenvalue weighted by Gasteiger charge is 2.15. The molecule has 0 saturated heterocycles. The van der Waals surface area contributed by atoms with Gasteiger partial charge in [0, 0.05) is 6.20 Å². The summed E-state index contributed by atoms with van der Waals surface area (Å²) in [5.41, 5.74) is -0.415. The zero-order chi connectivity index (χ0) is 11.5. The Morgan fingerprint density at radius 2 is 2.27 bits per heavy atom. The molecule has 0 atom stereocenters. The van der Waals surface area contributed by atoms with Crippen LogP contribution in [0.1, 0.15) is 27.2 Å². The van der Waals surface area contributed by atoms with Gasteiger partial charge >= 0.3 is 5.97 Å². The van der Waals surface area contributed by atoms with Gasteiger partial charge in [-0.3, -0.25) is 9.48 Å². The third kappa shape index (κ3) is 4.97. The van der Waals surface area contributed by atoms with Gasteiger partial charge in [0.1, 0.15) is 5.60 Å². The number of hydrogen-bond donors (Lipinski definition) is 0. The smallest absolute Gasteiger partial charge is 0.308 e. The number of hydrogen-bond acceptors (Lipinski definition) is 3. The van der Waals surface area contributed by atoms with Crippen molar-refractivity contribution in [1.29, 1.82) is 0 Å². The Balaban J connectivity index is 2.35. The molecule has 0 saturated carbocycles. The maximum absolute atomic E-state index is 11.4. The molecule has 1 heterocycles. The Kier molecular flexibility index (Phi) is 3.90. The minimum absolute atomic E-state index is 0.200. The fourth-order valence-electron chi connectivity index (χ4n) is 1.06. The highest BCUT2D eigenvalue weighted by Crippen LogP contribution is 2.10. The zero-order valence-electron chi connectivity index (χ0n) is 9.16. The summed E-state index contributed by atoms with van der Waals surface area (Å²) in [6, 6.07) is 0. The van der Waals surface area contributed by atoms with Crippen molar-refractivity contribution >= 4 is 21.9 Å². The van der Waals surface area contributed by atoms with Crippen LogP contribution in [0.15, 0.2) is 16.9 Å². The SMILES string of the molecule is CC(C)(C)OC(=O)CCn1cc(Br)cn1. The van der Waals surface area contributed by atoms with E-state index in [4.69, 9.17) is 4.74 Å². The van der Waals surface area contributed by atoms with Crippen LogP contribution in [0.25, 0.3) is 0 Å². The molecule has 15 heavy (non-hydrogen) atoms. The molecule has 0 aromatic carbocycles. The van der Waals surface area contributed by atoms with Crippen molar-refractivity contribution in [2.24, 2.45) is 0 Å². The summed E-state index contributed by atoms with van der Waals surface area (Å²) in [4.78, 5) is 11.4. The van der Waals surface area contributed by atoms with E-state index in [0.717, 1.165) is 4.47 Å². The largest absolute Gasteiger partial charge is 0.460 e. The van der Waals surface area contributed by atoms with Gasteiger partial charge in [-0.05, 0) is 36.7 Å². The first-order valence-electron chi connectivity index (χ1n) is 4.76. The van der Waals surface area contributed by atoms with Crippen molar-refractivity contribution in [3.63, 3.8) is 0 Å². The second-order valence-corrected chi connectivity index (χ2v) is 5.17. The van der Waals surface area contributed by atoms with Crippen LogP contribution in [0.5, 0.6) is 0 Å². The maximum Gasteiger partial charge on any atom is 0.308 e. The van der Waals surface area contributed by atoms with Crippen LogP contribution < -0.4 is 0 Å². The lowest BCUT2D eigenvalue weighted by Crippen LogP contribution is -2.24. The summed E-state index contributed by atoms with van der Waals surface area (Å²) in [5, 5.41) is 4.05. The van der Waals surface area contributed by atoms with Gasteiger partial charge in [-0.1, -0.05) is 0 Å². The quantitative estimate of drug-likeness (QED) is 0.795. The first-order chi connectivity index (χ1) is 6.87. The molecular formula is C10H15BrN2O2. The van der Waals surface area contributed by atoms with E-state index in [-0.39, 0.29) is 5.97 Å². The van der Waals surface area contributed by atoms with E-state index in [1.54, 1.807) is 10.9 Å². The average Bonchev–Trinajstić information content (AvgIpc) is 2.45. The number of carbonyl (C=O) groups excluding carboxylic acids is 1. The van der Waals surface area contributed by atoms with E-state index in [9.17, 15) is 4.79 Å². The molecule has 0 N–H and O–H groups in total. The predicted molar refractivity (Wildman–Crippen MR) is 60.4 cm³/mol. The van der Waals surface area contributed by atoms with Crippen molar-refractivity contribution in [2.75, 3.05) is 0 Å². The third-order valence-corrected chi connectivity index (χ3v) is 1.98. The molecule has 84 valence electrons. The summed E-state index contributed by atoms with van der Waals surface area (Å²) >= 11 is 3.29. The normalized spacial score (nSPS) is 11.5. The summed E-state index contributed by atoms with van der Waals surface area (Å²) in [5.74, 6) is -0.200. The van der Waals surface area contributed by atoms with Crippen LogP contribution in [-0.2, 0) is 16.1 Å². The van der Waals surface area contributed by atoms with Gasteiger partial charge in [0.2, 0.25) is 0 Å². The molecule has 0 unspecified atom stereocenters. The highest BCUT2D eigenvalue weighted by molar-refractivity contribution is 9.10. The number of aromatic nitrogens is 2. The lowest BCUT2D eigenvalue weighted by molar-refractivity contribution is -0.155. The topological polar surface area (TPSA) is 44.1 Å². The Morgan fingerprint density at radius 3 is 2.73 bits per heavy atom. The molecule has 0 aliphatic rings. The molecule has 0 aliphatic carbocycles. The minimum atomic E-state index is -0.415. The van der Waals surface area contributed by atoms with Crippen LogP contribution in [0.2, 0.25) is 0 Å². The Morgan fingerprint density at radius 1 is 1.60 bits per heavy atom. The van der Waals surface area contributed by atoms with Gasteiger partial charge in [0.05, 0.1) is 23.6 Å². The van der Waals surface area contributed by atoms with Crippen LogP contribution in [0.4, 0.5) is 0 Å². The van der Waals surface area contributed by atoms with Gasteiger partial charge in [0.15, 0.2) is 0 Å². The van der Waals surface area contributed by atoms with E-state index < -0.39 is 5.60 Å². The standard InChI is InChI=1S/C10H15BrN2O2/c1-10(2,3)15-9(14)4-5-13-7-8(11)6-12-13/h6-7H,4-5H2,1-3H3. The molecule has 0 amide bonds. The number of halogens is 1. The van der Waals surface area contributed by atoms with E-state index in [2.05, 4.69) is 21.0 Å². The van der Waals surface area contributed by atoms with Crippen LogP contribution in [-0.4, -0.2) is 21.4 Å². The minimum Gasteiger partial charge on any atom is -0.460 e. The van der Waals surface area contributed by atoms with E-state index in [0.29, 0.717) is 13.0 Å². The summed E-state index contributed by atoms with van der Waals surface area (Å²) in [7, 11) is 0.